The second kappa shape index (κ2) is 6.46. The first-order valence-corrected chi connectivity index (χ1v) is 9.51. The highest BCUT2D eigenvalue weighted by molar-refractivity contribution is 7.86. The van der Waals surface area contributed by atoms with Gasteiger partial charge in [0.15, 0.2) is 5.75 Å². The molecule has 0 saturated carbocycles. The fourth-order valence-electron chi connectivity index (χ4n) is 3.00. The maximum Gasteiger partial charge on any atom is 0.295 e. The van der Waals surface area contributed by atoms with Crippen LogP contribution in [0.4, 0.5) is 11.4 Å². The summed E-state index contributed by atoms with van der Waals surface area (Å²) in [5.41, 5.74) is 0.724. The second-order valence-corrected chi connectivity index (χ2v) is 7.35. The Balaban J connectivity index is 1.84. The molecule has 6 nitrogen and oxygen atoms in total. The molecule has 2 N–H and O–H groups in total. The maximum absolute atomic E-state index is 11.6. The number of benzene rings is 4. The van der Waals surface area contributed by atoms with Gasteiger partial charge in [0.25, 0.3) is 10.1 Å². The van der Waals surface area contributed by atoms with Crippen molar-refractivity contribution in [1.82, 2.24) is 0 Å². The number of aromatic hydroxyl groups is 1. The van der Waals surface area contributed by atoms with E-state index < -0.39 is 10.1 Å². The smallest absolute Gasteiger partial charge is 0.295 e. The lowest BCUT2D eigenvalue weighted by molar-refractivity contribution is 0.482. The second-order valence-electron chi connectivity index (χ2n) is 5.96. The van der Waals surface area contributed by atoms with E-state index in [1.165, 1.54) is 12.1 Å². The molecule has 4 aromatic rings. The Morgan fingerprint density at radius 1 is 0.667 bits per heavy atom. The molecule has 4 aromatic carbocycles. The van der Waals surface area contributed by atoms with Gasteiger partial charge in [-0.1, -0.05) is 54.6 Å². The Morgan fingerprint density at radius 2 is 1.26 bits per heavy atom. The Bertz CT molecular complexity index is 1310. The molecule has 0 saturated heterocycles. The minimum Gasteiger partial charge on any atom is -0.505 e. The normalized spacial score (nSPS) is 12.2. The van der Waals surface area contributed by atoms with Crippen LogP contribution in [0.5, 0.6) is 5.75 Å². The summed E-state index contributed by atoms with van der Waals surface area (Å²) in [7, 11) is -4.36. The molecule has 0 fully saturated rings. The quantitative estimate of drug-likeness (QED) is 0.370. The molecule has 0 aliphatic carbocycles. The summed E-state index contributed by atoms with van der Waals surface area (Å²) in [6.07, 6.45) is 0. The summed E-state index contributed by atoms with van der Waals surface area (Å²) in [5, 5.41) is 21.2. The van der Waals surface area contributed by atoms with Crippen LogP contribution in [0.2, 0.25) is 0 Å². The zero-order valence-corrected chi connectivity index (χ0v) is 14.8. The number of phenols is 1. The van der Waals surface area contributed by atoms with Gasteiger partial charge in [0.1, 0.15) is 10.6 Å². The molecule has 0 unspecified atom stereocenters. The lowest BCUT2D eigenvalue weighted by Gasteiger charge is -2.06. The fourth-order valence-corrected chi connectivity index (χ4v) is 3.70. The zero-order valence-electron chi connectivity index (χ0n) is 13.9. The third-order valence-electron chi connectivity index (χ3n) is 4.28. The molecular weight excluding hydrogens is 364 g/mol. The number of nitrogens with zero attached hydrogens (tertiary/aromatic N) is 2. The standard InChI is InChI=1S/C20H14N2O4S/c23-20-14-6-2-1-5-13(14)9-10-18(20)22-21-17-11-12-19(27(24,25)26)16-8-4-3-7-15(16)17/h1-12,23H,(H,24,25,26). The number of azo groups is 1. The molecule has 0 amide bonds. The Labute approximate surface area is 155 Å². The zero-order chi connectivity index (χ0) is 19.0. The van der Waals surface area contributed by atoms with Gasteiger partial charge >= 0.3 is 0 Å². The average Bonchev–Trinajstić information content (AvgIpc) is 2.66. The number of hydrogen-bond donors (Lipinski definition) is 2. The van der Waals surface area contributed by atoms with E-state index in [4.69, 9.17) is 0 Å². The van der Waals surface area contributed by atoms with Gasteiger partial charge in [0.2, 0.25) is 0 Å². The van der Waals surface area contributed by atoms with Crippen molar-refractivity contribution in [2.75, 3.05) is 0 Å². The monoisotopic (exact) mass is 378 g/mol. The van der Waals surface area contributed by atoms with Crippen LogP contribution >= 0.6 is 0 Å². The van der Waals surface area contributed by atoms with Gasteiger partial charge in [-0.3, -0.25) is 4.55 Å². The topological polar surface area (TPSA) is 99.3 Å². The third kappa shape index (κ3) is 3.14. The number of rotatable bonds is 3. The summed E-state index contributed by atoms with van der Waals surface area (Å²) < 4.78 is 32.6. The van der Waals surface area contributed by atoms with Crippen LogP contribution in [0.3, 0.4) is 0 Å². The van der Waals surface area contributed by atoms with E-state index in [0.29, 0.717) is 27.5 Å². The van der Waals surface area contributed by atoms with E-state index in [-0.39, 0.29) is 10.6 Å². The van der Waals surface area contributed by atoms with E-state index in [1.54, 1.807) is 36.4 Å². The van der Waals surface area contributed by atoms with Crippen LogP contribution in [0, 0.1) is 0 Å². The van der Waals surface area contributed by atoms with Crippen molar-refractivity contribution in [2.45, 2.75) is 4.90 Å². The molecule has 4 rings (SSSR count). The van der Waals surface area contributed by atoms with Gasteiger partial charge in [-0.2, -0.15) is 8.42 Å². The SMILES string of the molecule is O=S(=O)(O)c1ccc(N=Nc2ccc3ccccc3c2O)c2ccccc12. The molecule has 0 aliphatic heterocycles. The summed E-state index contributed by atoms with van der Waals surface area (Å²) in [4.78, 5) is -0.189. The predicted octanol–water partition coefficient (Wildman–Crippen LogP) is 5.36. The first-order chi connectivity index (χ1) is 12.9. The summed E-state index contributed by atoms with van der Waals surface area (Å²) in [6.45, 7) is 0. The van der Waals surface area contributed by atoms with Crippen molar-refractivity contribution in [3.63, 3.8) is 0 Å². The number of phenolic OH excluding ortho intramolecular Hbond substituents is 1. The summed E-state index contributed by atoms with van der Waals surface area (Å²) in [6, 6.07) is 20.3. The predicted molar refractivity (Wildman–Crippen MR) is 104 cm³/mol. The first-order valence-electron chi connectivity index (χ1n) is 8.07. The molecule has 27 heavy (non-hydrogen) atoms. The van der Waals surface area contributed by atoms with Gasteiger partial charge in [0.05, 0.1) is 5.69 Å². The molecule has 0 spiro atoms. The molecule has 7 heteroatoms. The van der Waals surface area contributed by atoms with E-state index >= 15 is 0 Å². The lowest BCUT2D eigenvalue weighted by Crippen LogP contribution is -1.98. The third-order valence-corrected chi connectivity index (χ3v) is 5.20. The van der Waals surface area contributed by atoms with Crippen molar-refractivity contribution in [3.8, 4) is 5.75 Å². The van der Waals surface area contributed by atoms with Crippen LogP contribution < -0.4 is 0 Å². The summed E-state index contributed by atoms with van der Waals surface area (Å²) in [5.74, 6) is 0.0238. The van der Waals surface area contributed by atoms with Crippen molar-refractivity contribution < 1.29 is 18.1 Å². The lowest BCUT2D eigenvalue weighted by atomic mass is 10.1. The number of fused-ring (bicyclic) bond motifs is 2. The van der Waals surface area contributed by atoms with Crippen molar-refractivity contribution in [2.24, 2.45) is 10.2 Å². The minimum absolute atomic E-state index is 0.0238. The molecular formula is C20H14N2O4S. The Morgan fingerprint density at radius 3 is 2.00 bits per heavy atom. The fraction of sp³-hybridized carbons (Fsp3) is 0. The van der Waals surface area contributed by atoms with Crippen molar-refractivity contribution in [1.29, 1.82) is 0 Å². The van der Waals surface area contributed by atoms with Crippen molar-refractivity contribution >= 4 is 43.0 Å². The molecule has 0 heterocycles. The van der Waals surface area contributed by atoms with Crippen LogP contribution in [-0.4, -0.2) is 18.1 Å². The van der Waals surface area contributed by atoms with E-state index in [1.807, 2.05) is 24.3 Å². The van der Waals surface area contributed by atoms with Gasteiger partial charge in [-0.05, 0) is 23.6 Å². The van der Waals surface area contributed by atoms with E-state index in [9.17, 15) is 18.1 Å². The van der Waals surface area contributed by atoms with Gasteiger partial charge < -0.3 is 5.11 Å². The van der Waals surface area contributed by atoms with Crippen molar-refractivity contribution in [3.05, 3.63) is 72.8 Å². The first kappa shape index (κ1) is 17.1. The number of hydrogen-bond acceptors (Lipinski definition) is 5. The Hall–Kier alpha value is -3.29. The van der Waals surface area contributed by atoms with E-state index in [2.05, 4.69) is 10.2 Å². The van der Waals surface area contributed by atoms with Crippen LogP contribution in [0.1, 0.15) is 0 Å². The highest BCUT2D eigenvalue weighted by atomic mass is 32.2. The van der Waals surface area contributed by atoms with Crippen LogP contribution in [-0.2, 0) is 10.1 Å². The van der Waals surface area contributed by atoms with Gasteiger partial charge in [-0.15, -0.1) is 10.2 Å². The molecule has 0 aromatic heterocycles. The molecule has 0 radical (unpaired) electrons. The van der Waals surface area contributed by atoms with Crippen LogP contribution in [0.25, 0.3) is 21.5 Å². The molecule has 0 aliphatic rings. The summed E-state index contributed by atoms with van der Waals surface area (Å²) >= 11 is 0. The van der Waals surface area contributed by atoms with Gasteiger partial charge in [-0.25, -0.2) is 0 Å². The highest BCUT2D eigenvalue weighted by Crippen LogP contribution is 2.37. The molecule has 0 bridgehead atoms. The van der Waals surface area contributed by atoms with E-state index in [0.717, 1.165) is 5.39 Å². The molecule has 134 valence electrons. The van der Waals surface area contributed by atoms with Gasteiger partial charge in [0, 0.05) is 16.2 Å². The molecule has 0 atom stereocenters. The average molecular weight is 378 g/mol. The highest BCUT2D eigenvalue weighted by Gasteiger charge is 2.15. The minimum atomic E-state index is -4.36. The van der Waals surface area contributed by atoms with Crippen LogP contribution in [0.15, 0.2) is 87.9 Å². The largest absolute Gasteiger partial charge is 0.505 e. The Kier molecular flexibility index (Phi) is 4.10. The maximum atomic E-state index is 11.6.